The van der Waals surface area contributed by atoms with Gasteiger partial charge in [-0.15, -0.1) is 0 Å². The van der Waals surface area contributed by atoms with Crippen molar-refractivity contribution in [1.29, 1.82) is 0 Å². The number of fused-ring (bicyclic) bond motifs is 5. The zero-order valence-electron chi connectivity index (χ0n) is 14.4. The van der Waals surface area contributed by atoms with Crippen LogP contribution in [0.15, 0.2) is 72.8 Å². The van der Waals surface area contributed by atoms with E-state index in [1.54, 1.807) is 0 Å². The Labute approximate surface area is 146 Å². The van der Waals surface area contributed by atoms with E-state index in [-0.39, 0.29) is 0 Å². The molecular weight excluding hydrogens is 302 g/mol. The van der Waals surface area contributed by atoms with E-state index >= 15 is 0 Å². The second-order valence-corrected chi connectivity index (χ2v) is 6.86. The van der Waals surface area contributed by atoms with E-state index in [1.165, 1.54) is 54.8 Å². The Balaban J connectivity index is 1.85. The first kappa shape index (κ1) is 14.3. The van der Waals surface area contributed by atoms with Gasteiger partial charge in [0.15, 0.2) is 0 Å². The average Bonchev–Trinajstić information content (AvgIpc) is 3.00. The van der Waals surface area contributed by atoms with E-state index < -0.39 is 0 Å². The number of nitrogens with one attached hydrogen (secondary N) is 1. The molecule has 1 heterocycles. The Kier molecular flexibility index (Phi) is 2.98. The molecule has 1 nitrogen and oxygen atoms in total. The Morgan fingerprint density at radius 2 is 1.44 bits per heavy atom. The summed E-state index contributed by atoms with van der Waals surface area (Å²) in [5.41, 5.74) is 7.71. The van der Waals surface area contributed by atoms with Gasteiger partial charge in [-0.1, -0.05) is 60.7 Å². The van der Waals surface area contributed by atoms with Crippen molar-refractivity contribution < 1.29 is 0 Å². The third kappa shape index (κ3) is 2.09. The molecule has 0 radical (unpaired) electrons. The SMILES string of the molecule is Cc1cccc(C)c1-c1ccc2[nH]c3c4ccccc4ccc3c2c1. The van der Waals surface area contributed by atoms with Gasteiger partial charge in [0, 0.05) is 21.7 Å². The maximum atomic E-state index is 3.63. The van der Waals surface area contributed by atoms with Gasteiger partial charge in [-0.05, 0) is 53.6 Å². The van der Waals surface area contributed by atoms with E-state index in [0.29, 0.717) is 0 Å². The minimum atomic E-state index is 1.20. The molecule has 0 aliphatic carbocycles. The Morgan fingerprint density at radius 3 is 2.28 bits per heavy atom. The third-order valence-corrected chi connectivity index (χ3v) is 5.27. The highest BCUT2D eigenvalue weighted by Crippen LogP contribution is 2.35. The highest BCUT2D eigenvalue weighted by atomic mass is 14.7. The topological polar surface area (TPSA) is 15.8 Å². The van der Waals surface area contributed by atoms with Crippen molar-refractivity contribution >= 4 is 32.6 Å². The van der Waals surface area contributed by atoms with Crippen molar-refractivity contribution in [2.24, 2.45) is 0 Å². The number of aromatic nitrogens is 1. The van der Waals surface area contributed by atoms with Gasteiger partial charge >= 0.3 is 0 Å². The summed E-state index contributed by atoms with van der Waals surface area (Å²) >= 11 is 0. The smallest absolute Gasteiger partial charge is 0.0544 e. The molecule has 0 fully saturated rings. The average molecular weight is 321 g/mol. The van der Waals surface area contributed by atoms with Gasteiger partial charge in [0.05, 0.1) is 5.52 Å². The van der Waals surface area contributed by atoms with Crippen LogP contribution in [0.3, 0.4) is 0 Å². The molecule has 0 bridgehead atoms. The zero-order valence-corrected chi connectivity index (χ0v) is 14.4. The van der Waals surface area contributed by atoms with Gasteiger partial charge in [-0.25, -0.2) is 0 Å². The summed E-state index contributed by atoms with van der Waals surface area (Å²) < 4.78 is 0. The summed E-state index contributed by atoms with van der Waals surface area (Å²) in [5.74, 6) is 0. The molecule has 5 aromatic rings. The predicted octanol–water partition coefficient (Wildman–Crippen LogP) is 6.76. The maximum absolute atomic E-state index is 3.63. The number of rotatable bonds is 1. The molecule has 0 amide bonds. The van der Waals surface area contributed by atoms with Crippen molar-refractivity contribution in [3.05, 3.63) is 83.9 Å². The lowest BCUT2D eigenvalue weighted by Gasteiger charge is -2.10. The first-order valence-electron chi connectivity index (χ1n) is 8.72. The lowest BCUT2D eigenvalue weighted by molar-refractivity contribution is 1.38. The van der Waals surface area contributed by atoms with Crippen LogP contribution in [0.25, 0.3) is 43.7 Å². The number of hydrogen-bond acceptors (Lipinski definition) is 0. The first-order chi connectivity index (χ1) is 12.2. The quantitative estimate of drug-likeness (QED) is 0.351. The van der Waals surface area contributed by atoms with Crippen LogP contribution in [0, 0.1) is 13.8 Å². The lowest BCUT2D eigenvalue weighted by Crippen LogP contribution is -1.87. The normalized spacial score (nSPS) is 11.6. The highest BCUT2D eigenvalue weighted by molar-refractivity contribution is 6.17. The van der Waals surface area contributed by atoms with Gasteiger partial charge < -0.3 is 4.98 Å². The second-order valence-electron chi connectivity index (χ2n) is 6.86. The first-order valence-corrected chi connectivity index (χ1v) is 8.72. The number of benzene rings is 4. The van der Waals surface area contributed by atoms with Crippen LogP contribution < -0.4 is 0 Å². The summed E-state index contributed by atoms with van der Waals surface area (Å²) in [5, 5.41) is 5.14. The predicted molar refractivity (Wildman–Crippen MR) is 108 cm³/mol. The molecule has 1 aromatic heterocycles. The number of aryl methyl sites for hydroxylation is 2. The highest BCUT2D eigenvalue weighted by Gasteiger charge is 2.11. The van der Waals surface area contributed by atoms with Crippen molar-refractivity contribution in [3.8, 4) is 11.1 Å². The number of hydrogen-bond donors (Lipinski definition) is 1. The number of H-pyrrole nitrogens is 1. The van der Waals surface area contributed by atoms with E-state index in [2.05, 4.69) is 91.6 Å². The fourth-order valence-electron chi connectivity index (χ4n) is 4.07. The molecule has 0 spiro atoms. The molecule has 0 saturated carbocycles. The van der Waals surface area contributed by atoms with E-state index in [0.717, 1.165) is 0 Å². The summed E-state index contributed by atoms with van der Waals surface area (Å²) in [4.78, 5) is 3.63. The minimum Gasteiger partial charge on any atom is -0.354 e. The lowest BCUT2D eigenvalue weighted by atomic mass is 9.94. The minimum absolute atomic E-state index is 1.20. The fraction of sp³-hybridized carbons (Fsp3) is 0.0833. The maximum Gasteiger partial charge on any atom is 0.0544 e. The molecule has 5 rings (SSSR count). The van der Waals surface area contributed by atoms with Crippen molar-refractivity contribution in [3.63, 3.8) is 0 Å². The molecule has 0 unspecified atom stereocenters. The summed E-state index contributed by atoms with van der Waals surface area (Å²) in [6, 6.07) is 26.3. The van der Waals surface area contributed by atoms with Crippen LogP contribution in [0.1, 0.15) is 11.1 Å². The molecule has 1 N–H and O–H groups in total. The molecule has 0 saturated heterocycles. The van der Waals surface area contributed by atoms with Crippen LogP contribution in [0.5, 0.6) is 0 Å². The fourth-order valence-corrected chi connectivity index (χ4v) is 4.07. The van der Waals surface area contributed by atoms with Gasteiger partial charge in [0.2, 0.25) is 0 Å². The molecule has 1 heteroatoms. The Morgan fingerprint density at radius 1 is 0.640 bits per heavy atom. The monoisotopic (exact) mass is 321 g/mol. The molecule has 0 aliphatic rings. The van der Waals surface area contributed by atoms with Crippen molar-refractivity contribution in [2.75, 3.05) is 0 Å². The third-order valence-electron chi connectivity index (χ3n) is 5.27. The molecule has 4 aromatic carbocycles. The zero-order chi connectivity index (χ0) is 17.0. The Hall–Kier alpha value is -3.06. The molecule has 25 heavy (non-hydrogen) atoms. The van der Waals surface area contributed by atoms with Crippen LogP contribution >= 0.6 is 0 Å². The number of aromatic amines is 1. The molecular formula is C24H19N. The van der Waals surface area contributed by atoms with Crippen molar-refractivity contribution in [2.45, 2.75) is 13.8 Å². The molecule has 0 aliphatic heterocycles. The van der Waals surface area contributed by atoms with Crippen LogP contribution in [0.2, 0.25) is 0 Å². The van der Waals surface area contributed by atoms with E-state index in [1.807, 2.05) is 0 Å². The molecule has 0 atom stereocenters. The van der Waals surface area contributed by atoms with Crippen molar-refractivity contribution in [1.82, 2.24) is 4.98 Å². The van der Waals surface area contributed by atoms with Crippen LogP contribution in [0.4, 0.5) is 0 Å². The summed E-state index contributed by atoms with van der Waals surface area (Å²) in [6.45, 7) is 4.38. The Bertz CT molecular complexity index is 1240. The summed E-state index contributed by atoms with van der Waals surface area (Å²) in [6.07, 6.45) is 0. The van der Waals surface area contributed by atoms with E-state index in [9.17, 15) is 0 Å². The van der Waals surface area contributed by atoms with Gasteiger partial charge in [0.25, 0.3) is 0 Å². The van der Waals surface area contributed by atoms with Gasteiger partial charge in [0.1, 0.15) is 0 Å². The van der Waals surface area contributed by atoms with E-state index in [4.69, 9.17) is 0 Å². The van der Waals surface area contributed by atoms with Crippen LogP contribution in [-0.2, 0) is 0 Å². The largest absolute Gasteiger partial charge is 0.354 e. The van der Waals surface area contributed by atoms with Crippen LogP contribution in [-0.4, -0.2) is 4.98 Å². The van der Waals surface area contributed by atoms with Gasteiger partial charge in [-0.2, -0.15) is 0 Å². The molecule has 120 valence electrons. The second kappa shape index (κ2) is 5.22. The standard InChI is InChI=1S/C24H19N/c1-15-6-5-7-16(2)23(15)18-11-13-22-21(14-18)20-12-10-17-8-3-4-9-19(17)24(20)25-22/h3-14,25H,1-2H3. The van der Waals surface area contributed by atoms with Gasteiger partial charge in [-0.3, -0.25) is 0 Å². The summed E-state index contributed by atoms with van der Waals surface area (Å²) in [7, 11) is 0.